The van der Waals surface area contributed by atoms with Crippen molar-refractivity contribution in [2.75, 3.05) is 12.4 Å². The van der Waals surface area contributed by atoms with Gasteiger partial charge < -0.3 is 14.3 Å². The van der Waals surface area contributed by atoms with Gasteiger partial charge in [0.25, 0.3) is 0 Å². The van der Waals surface area contributed by atoms with Crippen molar-refractivity contribution in [2.24, 2.45) is 5.92 Å². The second kappa shape index (κ2) is 13.5. The molecule has 39 heavy (non-hydrogen) atoms. The summed E-state index contributed by atoms with van der Waals surface area (Å²) >= 11 is 1.39. The number of hydrogen-bond acceptors (Lipinski definition) is 6. The van der Waals surface area contributed by atoms with Gasteiger partial charge in [-0.1, -0.05) is 89.9 Å². The van der Waals surface area contributed by atoms with E-state index >= 15 is 0 Å². The van der Waals surface area contributed by atoms with E-state index in [1.807, 2.05) is 0 Å². The van der Waals surface area contributed by atoms with Crippen LogP contribution in [0, 0.1) is 19.8 Å². The number of Topliss-reactive ketones (excluding diaryl/α,β-unsaturated/α-hetero) is 1. The Bertz CT molecular complexity index is 1270. The Kier molecular flexibility index (Phi) is 10.6. The van der Waals surface area contributed by atoms with Crippen molar-refractivity contribution in [3.05, 3.63) is 52.3 Å². The number of H-pyrrole nitrogens is 1. The van der Waals surface area contributed by atoms with Crippen LogP contribution in [0.15, 0.2) is 29.4 Å². The van der Waals surface area contributed by atoms with Gasteiger partial charge in [0.1, 0.15) is 0 Å². The summed E-state index contributed by atoms with van der Waals surface area (Å²) < 4.78 is 7.34. The first-order valence-corrected chi connectivity index (χ1v) is 15.0. The molecule has 0 radical (unpaired) electrons. The van der Waals surface area contributed by atoms with Crippen LogP contribution in [0.2, 0.25) is 0 Å². The van der Waals surface area contributed by atoms with Crippen LogP contribution in [0.25, 0.3) is 11.4 Å². The Morgan fingerprint density at radius 2 is 1.77 bits per heavy atom. The van der Waals surface area contributed by atoms with E-state index < -0.39 is 5.97 Å². The third-order valence-electron chi connectivity index (χ3n) is 7.05. The molecule has 7 nitrogen and oxygen atoms in total. The molecule has 2 heterocycles. The number of thioether (sulfide) groups is 1. The highest BCUT2D eigenvalue weighted by molar-refractivity contribution is 7.99. The van der Waals surface area contributed by atoms with Crippen LogP contribution in [0.4, 0.5) is 0 Å². The number of carbonyl (C=O) groups excluding carboxylic acids is 2. The van der Waals surface area contributed by atoms with Crippen LogP contribution in [0.3, 0.4) is 0 Å². The number of nitrogens with one attached hydrogen (secondary N) is 1. The standard InChI is InChI=1S/C31H44N4O3S/c1-9-11-12-13-20(3)18-35-28(23-14-16-24(17-15-23)31(6,7)8)33-34-30(35)39-19-25(36)27-21(4)26(22(5)32-27)29(37)38-10-2/h14-17,20,32H,9-13,18-19H2,1-8H3. The van der Waals surface area contributed by atoms with Crippen LogP contribution in [-0.4, -0.2) is 43.9 Å². The minimum Gasteiger partial charge on any atom is -0.462 e. The number of hydrogen-bond donors (Lipinski definition) is 1. The predicted molar refractivity (Wildman–Crippen MR) is 159 cm³/mol. The minimum atomic E-state index is -0.408. The summed E-state index contributed by atoms with van der Waals surface area (Å²) in [5.41, 5.74) is 4.51. The average Bonchev–Trinajstić information content (AvgIpc) is 3.41. The van der Waals surface area contributed by atoms with Gasteiger partial charge in [-0.25, -0.2) is 4.79 Å². The summed E-state index contributed by atoms with van der Waals surface area (Å²) in [5.74, 6) is 0.973. The number of esters is 1. The highest BCUT2D eigenvalue weighted by atomic mass is 32.2. The Hall–Kier alpha value is -2.87. The second-order valence-electron chi connectivity index (χ2n) is 11.4. The number of ketones is 1. The molecule has 0 saturated carbocycles. The van der Waals surface area contributed by atoms with Gasteiger partial charge in [0.2, 0.25) is 0 Å². The maximum Gasteiger partial charge on any atom is 0.340 e. The molecule has 3 rings (SSSR count). The highest BCUT2D eigenvalue weighted by Crippen LogP contribution is 2.30. The van der Waals surface area contributed by atoms with Gasteiger partial charge in [0, 0.05) is 17.8 Å². The van der Waals surface area contributed by atoms with Crippen molar-refractivity contribution in [1.29, 1.82) is 0 Å². The van der Waals surface area contributed by atoms with E-state index in [0.717, 1.165) is 29.5 Å². The first kappa shape index (κ1) is 30.7. The normalized spacial score (nSPS) is 12.5. The zero-order valence-corrected chi connectivity index (χ0v) is 25.6. The molecule has 0 aliphatic carbocycles. The Balaban J connectivity index is 1.85. The molecule has 0 aliphatic heterocycles. The number of benzene rings is 1. The molecule has 3 aromatic rings. The quantitative estimate of drug-likeness (QED) is 0.102. The SMILES string of the molecule is CCCCCC(C)Cn1c(SCC(=O)c2[nH]c(C)c(C(=O)OCC)c2C)nnc1-c1ccc(C(C)(C)C)cc1. The highest BCUT2D eigenvalue weighted by Gasteiger charge is 2.24. The third-order valence-corrected chi connectivity index (χ3v) is 8.02. The zero-order valence-electron chi connectivity index (χ0n) is 24.8. The monoisotopic (exact) mass is 552 g/mol. The molecule has 0 fully saturated rings. The van der Waals surface area contributed by atoms with E-state index in [1.54, 1.807) is 20.8 Å². The molecule has 0 saturated heterocycles. The Morgan fingerprint density at radius 3 is 2.38 bits per heavy atom. The van der Waals surface area contributed by atoms with Crippen molar-refractivity contribution >= 4 is 23.5 Å². The molecule has 1 unspecified atom stereocenters. The van der Waals surface area contributed by atoms with E-state index in [2.05, 4.69) is 78.6 Å². The molecule has 2 aromatic heterocycles. The number of aromatic amines is 1. The van der Waals surface area contributed by atoms with Gasteiger partial charge in [-0.15, -0.1) is 10.2 Å². The largest absolute Gasteiger partial charge is 0.462 e. The smallest absolute Gasteiger partial charge is 0.340 e. The predicted octanol–water partition coefficient (Wildman–Crippen LogP) is 7.56. The van der Waals surface area contributed by atoms with Gasteiger partial charge >= 0.3 is 5.97 Å². The van der Waals surface area contributed by atoms with Gasteiger partial charge in [-0.3, -0.25) is 4.79 Å². The first-order chi connectivity index (χ1) is 18.5. The molecular weight excluding hydrogens is 508 g/mol. The summed E-state index contributed by atoms with van der Waals surface area (Å²) in [6.07, 6.45) is 4.76. The second-order valence-corrected chi connectivity index (χ2v) is 12.3. The lowest BCUT2D eigenvalue weighted by Gasteiger charge is -2.19. The Morgan fingerprint density at radius 1 is 1.08 bits per heavy atom. The number of carbonyl (C=O) groups is 2. The molecule has 0 aliphatic rings. The lowest BCUT2D eigenvalue weighted by atomic mass is 9.86. The Labute approximate surface area is 237 Å². The summed E-state index contributed by atoms with van der Waals surface area (Å²) in [6, 6.07) is 8.55. The fraction of sp³-hybridized carbons (Fsp3) is 0.548. The minimum absolute atomic E-state index is 0.0722. The van der Waals surface area contributed by atoms with Gasteiger partial charge in [-0.2, -0.15) is 0 Å². The van der Waals surface area contributed by atoms with Gasteiger partial charge in [0.05, 0.1) is 23.6 Å². The number of aryl methyl sites for hydroxylation is 1. The average molecular weight is 553 g/mol. The maximum atomic E-state index is 13.2. The van der Waals surface area contributed by atoms with Crippen molar-refractivity contribution < 1.29 is 14.3 Å². The molecule has 1 aromatic carbocycles. The number of ether oxygens (including phenoxy) is 1. The lowest BCUT2D eigenvalue weighted by molar-refractivity contribution is 0.0525. The van der Waals surface area contributed by atoms with Crippen LogP contribution in [0.1, 0.15) is 105 Å². The fourth-order valence-electron chi connectivity index (χ4n) is 4.78. The molecule has 212 valence electrons. The number of aromatic nitrogens is 4. The first-order valence-electron chi connectivity index (χ1n) is 14.0. The molecule has 0 amide bonds. The van der Waals surface area contributed by atoms with Crippen molar-refractivity contribution in [3.63, 3.8) is 0 Å². The zero-order chi connectivity index (χ0) is 28.7. The molecular formula is C31H44N4O3S. The number of rotatable bonds is 13. The van der Waals surface area contributed by atoms with E-state index in [-0.39, 0.29) is 23.6 Å². The maximum absolute atomic E-state index is 13.2. The molecule has 1 atom stereocenters. The summed E-state index contributed by atoms with van der Waals surface area (Å²) in [5, 5.41) is 9.81. The van der Waals surface area contributed by atoms with Crippen LogP contribution in [-0.2, 0) is 16.7 Å². The molecule has 8 heteroatoms. The van der Waals surface area contributed by atoms with Crippen molar-refractivity contribution in [3.8, 4) is 11.4 Å². The van der Waals surface area contributed by atoms with E-state index in [0.29, 0.717) is 28.4 Å². The molecule has 1 N–H and O–H groups in total. The van der Waals surface area contributed by atoms with Crippen LogP contribution in [0.5, 0.6) is 0 Å². The van der Waals surface area contributed by atoms with E-state index in [4.69, 9.17) is 4.74 Å². The topological polar surface area (TPSA) is 89.9 Å². The number of nitrogens with zero attached hydrogens (tertiary/aromatic N) is 3. The third kappa shape index (κ3) is 7.62. The van der Waals surface area contributed by atoms with Crippen molar-refractivity contribution in [2.45, 2.75) is 98.2 Å². The van der Waals surface area contributed by atoms with Crippen LogP contribution >= 0.6 is 11.8 Å². The van der Waals surface area contributed by atoms with Crippen molar-refractivity contribution in [1.82, 2.24) is 19.7 Å². The van der Waals surface area contributed by atoms with Gasteiger partial charge in [-0.05, 0) is 49.7 Å². The fourth-order valence-corrected chi connectivity index (χ4v) is 5.60. The van der Waals surface area contributed by atoms with E-state index in [1.165, 1.54) is 36.6 Å². The summed E-state index contributed by atoms with van der Waals surface area (Å²) in [4.78, 5) is 28.7. The summed E-state index contributed by atoms with van der Waals surface area (Å²) in [6.45, 7) is 17.5. The molecule has 0 bridgehead atoms. The lowest BCUT2D eigenvalue weighted by Crippen LogP contribution is -2.13. The number of unbranched alkanes of at least 4 members (excludes halogenated alkanes) is 2. The van der Waals surface area contributed by atoms with E-state index in [9.17, 15) is 9.59 Å². The summed E-state index contributed by atoms with van der Waals surface area (Å²) in [7, 11) is 0. The van der Waals surface area contributed by atoms with Crippen LogP contribution < -0.4 is 0 Å². The van der Waals surface area contributed by atoms with Gasteiger partial charge in [0.15, 0.2) is 16.8 Å². The molecule has 0 spiro atoms.